The highest BCUT2D eigenvalue weighted by Gasteiger charge is 2.23. The molecule has 1 N–H and O–H groups in total. The summed E-state index contributed by atoms with van der Waals surface area (Å²) >= 11 is 0. The lowest BCUT2D eigenvalue weighted by Gasteiger charge is -2.20. The van der Waals surface area contributed by atoms with Crippen LogP contribution in [0.3, 0.4) is 0 Å². The number of carbonyl (C=O) groups excluding carboxylic acids is 2. The van der Waals surface area contributed by atoms with Gasteiger partial charge in [-0.25, -0.2) is 0 Å². The van der Waals surface area contributed by atoms with Crippen molar-refractivity contribution in [2.24, 2.45) is 0 Å². The number of furan rings is 1. The quantitative estimate of drug-likeness (QED) is 0.616. The van der Waals surface area contributed by atoms with Crippen molar-refractivity contribution in [3.05, 3.63) is 66.1 Å². The molecule has 1 aliphatic heterocycles. The van der Waals surface area contributed by atoms with Gasteiger partial charge in [0.1, 0.15) is 18.1 Å². The van der Waals surface area contributed by atoms with Crippen LogP contribution >= 0.6 is 0 Å². The van der Waals surface area contributed by atoms with E-state index in [-0.39, 0.29) is 18.4 Å². The van der Waals surface area contributed by atoms with E-state index in [0.29, 0.717) is 44.2 Å². The normalized spacial score (nSPS) is 14.8. The van der Waals surface area contributed by atoms with E-state index in [0.717, 1.165) is 29.5 Å². The van der Waals surface area contributed by atoms with Crippen molar-refractivity contribution in [3.8, 4) is 5.75 Å². The van der Waals surface area contributed by atoms with Gasteiger partial charge in [0.2, 0.25) is 5.91 Å². The first-order valence-electron chi connectivity index (χ1n) is 11.1. The average molecular weight is 436 g/mol. The molecule has 1 saturated heterocycles. The van der Waals surface area contributed by atoms with E-state index in [1.165, 1.54) is 0 Å². The largest absolute Gasteiger partial charge is 0.486 e. The Labute approximate surface area is 187 Å². The highest BCUT2D eigenvalue weighted by atomic mass is 16.5. The van der Waals surface area contributed by atoms with Crippen molar-refractivity contribution in [1.29, 1.82) is 0 Å². The third kappa shape index (κ3) is 5.48. The van der Waals surface area contributed by atoms with Crippen LogP contribution in [-0.4, -0.2) is 60.9 Å². The molecule has 2 aromatic carbocycles. The Morgan fingerprint density at radius 2 is 1.84 bits per heavy atom. The summed E-state index contributed by atoms with van der Waals surface area (Å²) in [5, 5.41) is 5.09. The predicted molar refractivity (Wildman–Crippen MR) is 123 cm³/mol. The van der Waals surface area contributed by atoms with Gasteiger partial charge in [-0.2, -0.15) is 0 Å². The number of ether oxygens (including phenoxy) is 1. The van der Waals surface area contributed by atoms with E-state index in [1.807, 2.05) is 43.3 Å². The van der Waals surface area contributed by atoms with E-state index in [9.17, 15) is 9.59 Å². The Morgan fingerprint density at radius 3 is 2.69 bits per heavy atom. The van der Waals surface area contributed by atoms with Crippen LogP contribution in [0, 0.1) is 0 Å². The van der Waals surface area contributed by atoms with Crippen LogP contribution in [0.15, 0.2) is 59.0 Å². The first-order valence-corrected chi connectivity index (χ1v) is 11.1. The molecule has 0 bridgehead atoms. The van der Waals surface area contributed by atoms with E-state index in [4.69, 9.17) is 9.15 Å². The van der Waals surface area contributed by atoms with E-state index in [2.05, 4.69) is 16.3 Å². The lowest BCUT2D eigenvalue weighted by Crippen LogP contribution is -2.40. The number of rotatable bonds is 7. The number of benzene rings is 2. The van der Waals surface area contributed by atoms with Crippen LogP contribution in [0.2, 0.25) is 0 Å². The van der Waals surface area contributed by atoms with Crippen molar-refractivity contribution in [3.63, 3.8) is 0 Å². The molecular formula is C25H29N3O4. The maximum atomic E-state index is 12.9. The second kappa shape index (κ2) is 10.3. The number of hydrogen-bond donors (Lipinski definition) is 1. The van der Waals surface area contributed by atoms with Crippen molar-refractivity contribution < 1.29 is 18.7 Å². The molecule has 0 radical (unpaired) electrons. The number of amides is 2. The SMILES string of the molecule is CCNC(=O)CN1CCCN(C(=O)c2ccc(COc3ccc4ccccc4c3)o2)CC1. The summed E-state index contributed by atoms with van der Waals surface area (Å²) in [6.45, 7) is 5.84. The van der Waals surface area contributed by atoms with Crippen LogP contribution in [0.5, 0.6) is 5.75 Å². The van der Waals surface area contributed by atoms with Gasteiger partial charge >= 0.3 is 0 Å². The van der Waals surface area contributed by atoms with Crippen LogP contribution in [0.25, 0.3) is 10.8 Å². The van der Waals surface area contributed by atoms with Gasteiger partial charge in [0, 0.05) is 32.7 Å². The number of fused-ring (bicyclic) bond motifs is 1. The lowest BCUT2D eigenvalue weighted by atomic mass is 10.1. The van der Waals surface area contributed by atoms with Gasteiger partial charge in [-0.15, -0.1) is 0 Å². The smallest absolute Gasteiger partial charge is 0.289 e. The van der Waals surface area contributed by atoms with Gasteiger partial charge < -0.3 is 19.4 Å². The number of nitrogens with one attached hydrogen (secondary N) is 1. The molecule has 0 saturated carbocycles. The molecule has 1 aromatic heterocycles. The molecule has 3 aromatic rings. The average Bonchev–Trinajstić information content (AvgIpc) is 3.16. The number of likely N-dealkylation sites (N-methyl/N-ethyl adjacent to an activating group) is 1. The summed E-state index contributed by atoms with van der Waals surface area (Å²) in [6.07, 6.45) is 0.823. The summed E-state index contributed by atoms with van der Waals surface area (Å²) < 4.78 is 11.6. The molecule has 4 rings (SSSR count). The van der Waals surface area contributed by atoms with Crippen molar-refractivity contribution in [2.75, 3.05) is 39.3 Å². The predicted octanol–water partition coefficient (Wildman–Crippen LogP) is 3.30. The van der Waals surface area contributed by atoms with E-state index >= 15 is 0 Å². The third-order valence-electron chi connectivity index (χ3n) is 5.59. The molecule has 0 aliphatic carbocycles. The molecule has 7 nitrogen and oxygen atoms in total. The number of hydrogen-bond acceptors (Lipinski definition) is 5. The molecule has 1 aliphatic rings. The maximum Gasteiger partial charge on any atom is 0.289 e. The van der Waals surface area contributed by atoms with Crippen molar-refractivity contribution in [2.45, 2.75) is 20.0 Å². The first-order chi connectivity index (χ1) is 15.6. The zero-order chi connectivity index (χ0) is 22.3. The minimum Gasteiger partial charge on any atom is -0.486 e. The Bertz CT molecular complexity index is 1080. The molecule has 7 heteroatoms. The highest BCUT2D eigenvalue weighted by molar-refractivity contribution is 5.91. The summed E-state index contributed by atoms with van der Waals surface area (Å²) in [5.41, 5.74) is 0. The summed E-state index contributed by atoms with van der Waals surface area (Å²) in [7, 11) is 0. The van der Waals surface area contributed by atoms with E-state index in [1.54, 1.807) is 17.0 Å². The zero-order valence-corrected chi connectivity index (χ0v) is 18.4. The van der Waals surface area contributed by atoms with Crippen LogP contribution in [0.4, 0.5) is 0 Å². The number of carbonyl (C=O) groups is 2. The Kier molecular flexibility index (Phi) is 7.07. The third-order valence-corrected chi connectivity index (χ3v) is 5.59. The minimum absolute atomic E-state index is 0.0226. The van der Waals surface area contributed by atoms with Gasteiger partial charge in [0.05, 0.1) is 6.54 Å². The van der Waals surface area contributed by atoms with Gasteiger partial charge in [0.15, 0.2) is 5.76 Å². The van der Waals surface area contributed by atoms with Gasteiger partial charge in [-0.1, -0.05) is 30.3 Å². The molecule has 0 spiro atoms. The van der Waals surface area contributed by atoms with Crippen molar-refractivity contribution in [1.82, 2.24) is 15.1 Å². The maximum absolute atomic E-state index is 12.9. The first kappa shape index (κ1) is 21.9. The standard InChI is InChI=1S/C25H29N3O4/c1-2-26-24(29)17-27-12-5-13-28(15-14-27)25(30)23-11-10-22(32-23)18-31-21-9-8-19-6-3-4-7-20(19)16-21/h3-4,6-11,16H,2,5,12-15,17-18H2,1H3,(H,26,29). The lowest BCUT2D eigenvalue weighted by molar-refractivity contribution is -0.122. The Morgan fingerprint density at radius 1 is 1.00 bits per heavy atom. The fourth-order valence-electron chi connectivity index (χ4n) is 3.93. The van der Waals surface area contributed by atoms with Gasteiger partial charge in [-0.05, 0) is 48.4 Å². The highest BCUT2D eigenvalue weighted by Crippen LogP contribution is 2.22. The van der Waals surface area contributed by atoms with Gasteiger partial charge in [-0.3, -0.25) is 14.5 Å². The second-order valence-corrected chi connectivity index (χ2v) is 7.94. The molecule has 1 fully saturated rings. The van der Waals surface area contributed by atoms with Crippen LogP contribution < -0.4 is 10.1 Å². The summed E-state index contributed by atoms with van der Waals surface area (Å²) in [5.74, 6) is 1.58. The molecule has 2 amide bonds. The molecule has 2 heterocycles. The zero-order valence-electron chi connectivity index (χ0n) is 18.4. The second-order valence-electron chi connectivity index (χ2n) is 7.94. The Balaban J connectivity index is 1.31. The summed E-state index contributed by atoms with van der Waals surface area (Å²) in [4.78, 5) is 28.6. The minimum atomic E-state index is -0.123. The van der Waals surface area contributed by atoms with E-state index < -0.39 is 0 Å². The van der Waals surface area contributed by atoms with Gasteiger partial charge in [0.25, 0.3) is 5.91 Å². The molecule has 0 atom stereocenters. The summed E-state index contributed by atoms with van der Waals surface area (Å²) in [6, 6.07) is 17.6. The molecule has 0 unspecified atom stereocenters. The topological polar surface area (TPSA) is 75.0 Å². The number of nitrogens with zero attached hydrogens (tertiary/aromatic N) is 2. The van der Waals surface area contributed by atoms with Crippen LogP contribution in [0.1, 0.15) is 29.7 Å². The Hall–Kier alpha value is -3.32. The fraction of sp³-hybridized carbons (Fsp3) is 0.360. The molecule has 32 heavy (non-hydrogen) atoms. The monoisotopic (exact) mass is 435 g/mol. The van der Waals surface area contributed by atoms with Crippen LogP contribution in [-0.2, 0) is 11.4 Å². The fourth-order valence-corrected chi connectivity index (χ4v) is 3.93. The molecular weight excluding hydrogens is 406 g/mol. The van der Waals surface area contributed by atoms with Crippen molar-refractivity contribution >= 4 is 22.6 Å². The molecule has 168 valence electrons.